The minimum absolute atomic E-state index is 0.455. The third-order valence-corrected chi connectivity index (χ3v) is 3.85. The Balaban J connectivity index is 1.83. The second-order valence-corrected chi connectivity index (χ2v) is 5.69. The van der Waals surface area contributed by atoms with Crippen molar-refractivity contribution in [2.75, 3.05) is 0 Å². The van der Waals surface area contributed by atoms with Gasteiger partial charge in [-0.15, -0.1) is 0 Å². The van der Waals surface area contributed by atoms with Crippen LogP contribution in [0.1, 0.15) is 28.1 Å². The van der Waals surface area contributed by atoms with Crippen LogP contribution in [0, 0.1) is 27.7 Å². The average Bonchev–Trinajstić information content (AvgIpc) is 2.82. The van der Waals surface area contributed by atoms with E-state index in [9.17, 15) is 0 Å². The summed E-state index contributed by atoms with van der Waals surface area (Å²) in [5.41, 5.74) is 6.94. The highest BCUT2D eigenvalue weighted by molar-refractivity contribution is 5.77. The fourth-order valence-electron chi connectivity index (χ4n) is 2.40. The van der Waals surface area contributed by atoms with Crippen LogP contribution in [-0.4, -0.2) is 9.97 Å². The van der Waals surface area contributed by atoms with E-state index in [-0.39, 0.29) is 0 Å². The molecule has 3 nitrogen and oxygen atoms in total. The van der Waals surface area contributed by atoms with Gasteiger partial charge in [-0.1, -0.05) is 12.1 Å². The molecule has 0 saturated heterocycles. The summed E-state index contributed by atoms with van der Waals surface area (Å²) >= 11 is 0. The van der Waals surface area contributed by atoms with Crippen LogP contribution in [0.3, 0.4) is 0 Å². The van der Waals surface area contributed by atoms with Crippen molar-refractivity contribution in [3.05, 3.63) is 58.4 Å². The highest BCUT2D eigenvalue weighted by Crippen LogP contribution is 2.21. The number of hydrogen-bond donors (Lipinski definition) is 1. The van der Waals surface area contributed by atoms with E-state index in [0.29, 0.717) is 6.61 Å². The molecule has 0 radical (unpaired) electrons. The van der Waals surface area contributed by atoms with Crippen LogP contribution in [0.15, 0.2) is 30.3 Å². The molecule has 0 unspecified atom stereocenters. The molecule has 0 aliphatic rings. The summed E-state index contributed by atoms with van der Waals surface area (Å²) < 4.78 is 5.90. The van der Waals surface area contributed by atoms with Gasteiger partial charge in [0, 0.05) is 0 Å². The van der Waals surface area contributed by atoms with Crippen molar-refractivity contribution in [3.63, 3.8) is 0 Å². The molecule has 0 bridgehead atoms. The van der Waals surface area contributed by atoms with E-state index < -0.39 is 0 Å². The van der Waals surface area contributed by atoms with Crippen molar-refractivity contribution in [2.24, 2.45) is 0 Å². The van der Waals surface area contributed by atoms with Crippen molar-refractivity contribution in [2.45, 2.75) is 34.3 Å². The van der Waals surface area contributed by atoms with Crippen molar-refractivity contribution < 1.29 is 4.74 Å². The zero-order valence-corrected chi connectivity index (χ0v) is 12.9. The third kappa shape index (κ3) is 2.77. The molecule has 0 amide bonds. The first-order valence-corrected chi connectivity index (χ1v) is 7.19. The highest BCUT2D eigenvalue weighted by Gasteiger charge is 2.06. The van der Waals surface area contributed by atoms with Crippen LogP contribution in [0.2, 0.25) is 0 Å². The first-order valence-electron chi connectivity index (χ1n) is 7.19. The molecule has 0 aliphatic heterocycles. The maximum Gasteiger partial charge on any atom is 0.146 e. The largest absolute Gasteiger partial charge is 0.485 e. The van der Waals surface area contributed by atoms with E-state index in [0.717, 1.165) is 28.2 Å². The van der Waals surface area contributed by atoms with Gasteiger partial charge in [0.1, 0.15) is 18.2 Å². The molecule has 3 heteroatoms. The third-order valence-electron chi connectivity index (χ3n) is 3.85. The number of rotatable bonds is 3. The minimum Gasteiger partial charge on any atom is -0.485 e. The second-order valence-electron chi connectivity index (χ2n) is 5.69. The van der Waals surface area contributed by atoms with Gasteiger partial charge in [-0.3, -0.25) is 0 Å². The normalized spacial score (nSPS) is 11.0. The van der Waals surface area contributed by atoms with Crippen LogP contribution in [0.4, 0.5) is 0 Å². The zero-order chi connectivity index (χ0) is 15.0. The van der Waals surface area contributed by atoms with Gasteiger partial charge in [0.05, 0.1) is 11.0 Å². The Bertz CT molecular complexity index is 763. The van der Waals surface area contributed by atoms with E-state index in [4.69, 9.17) is 4.74 Å². The Morgan fingerprint density at radius 3 is 2.52 bits per heavy atom. The molecule has 1 heterocycles. The van der Waals surface area contributed by atoms with E-state index in [1.54, 1.807) is 0 Å². The Labute approximate surface area is 125 Å². The number of nitrogens with zero attached hydrogens (tertiary/aromatic N) is 1. The highest BCUT2D eigenvalue weighted by atomic mass is 16.5. The van der Waals surface area contributed by atoms with Crippen molar-refractivity contribution in [1.29, 1.82) is 0 Å². The Kier molecular flexibility index (Phi) is 3.42. The SMILES string of the molecule is Cc1ccc(C)c(OCc2nc3cc(C)c(C)cc3[nH]2)c1. The number of fused-ring (bicyclic) bond motifs is 1. The lowest BCUT2D eigenvalue weighted by Gasteiger charge is -2.08. The molecule has 1 N–H and O–H groups in total. The first-order chi connectivity index (χ1) is 10.0. The maximum absolute atomic E-state index is 5.90. The van der Waals surface area contributed by atoms with Gasteiger partial charge in [-0.25, -0.2) is 4.98 Å². The molecular weight excluding hydrogens is 260 g/mol. The molecule has 21 heavy (non-hydrogen) atoms. The predicted molar refractivity (Wildman–Crippen MR) is 85.8 cm³/mol. The van der Waals surface area contributed by atoms with Crippen molar-refractivity contribution in [3.8, 4) is 5.75 Å². The first kappa shape index (κ1) is 13.7. The molecule has 0 saturated carbocycles. The molecule has 3 aromatic rings. The summed E-state index contributed by atoms with van der Waals surface area (Å²) in [7, 11) is 0. The van der Waals surface area contributed by atoms with Crippen LogP contribution in [0.5, 0.6) is 5.75 Å². The van der Waals surface area contributed by atoms with Gasteiger partial charge in [-0.05, 0) is 68.1 Å². The summed E-state index contributed by atoms with van der Waals surface area (Å²) in [6, 6.07) is 10.5. The minimum atomic E-state index is 0.455. The molecule has 0 atom stereocenters. The number of nitrogens with one attached hydrogen (secondary N) is 1. The molecule has 0 fully saturated rings. The molecular formula is C18H20N2O. The molecule has 2 aromatic carbocycles. The van der Waals surface area contributed by atoms with Gasteiger partial charge in [-0.2, -0.15) is 0 Å². The second kappa shape index (κ2) is 5.24. The predicted octanol–water partition coefficient (Wildman–Crippen LogP) is 4.38. The van der Waals surface area contributed by atoms with Crippen molar-refractivity contribution in [1.82, 2.24) is 9.97 Å². The topological polar surface area (TPSA) is 37.9 Å². The number of benzene rings is 2. The summed E-state index contributed by atoms with van der Waals surface area (Å²) in [6.07, 6.45) is 0. The Hall–Kier alpha value is -2.29. The van der Waals surface area contributed by atoms with E-state index in [1.807, 2.05) is 0 Å². The van der Waals surface area contributed by atoms with E-state index in [2.05, 4.69) is 68.0 Å². The number of aromatic amines is 1. The lowest BCUT2D eigenvalue weighted by atomic mass is 10.1. The number of aryl methyl sites for hydroxylation is 4. The van der Waals surface area contributed by atoms with Gasteiger partial charge in [0.2, 0.25) is 0 Å². The van der Waals surface area contributed by atoms with Gasteiger partial charge < -0.3 is 9.72 Å². The summed E-state index contributed by atoms with van der Waals surface area (Å²) in [4.78, 5) is 7.93. The fourth-order valence-corrected chi connectivity index (χ4v) is 2.40. The van der Waals surface area contributed by atoms with Gasteiger partial charge in [0.15, 0.2) is 0 Å². The van der Waals surface area contributed by atoms with Gasteiger partial charge in [0.25, 0.3) is 0 Å². The smallest absolute Gasteiger partial charge is 0.146 e. The van der Waals surface area contributed by atoms with Crippen molar-refractivity contribution >= 4 is 11.0 Å². The molecule has 1 aromatic heterocycles. The zero-order valence-electron chi connectivity index (χ0n) is 12.9. The lowest BCUT2D eigenvalue weighted by molar-refractivity contribution is 0.295. The van der Waals surface area contributed by atoms with E-state index in [1.165, 1.54) is 16.7 Å². The number of aromatic nitrogens is 2. The maximum atomic E-state index is 5.90. The van der Waals surface area contributed by atoms with Gasteiger partial charge >= 0.3 is 0 Å². The quantitative estimate of drug-likeness (QED) is 0.773. The van der Waals surface area contributed by atoms with Crippen LogP contribution >= 0.6 is 0 Å². The summed E-state index contributed by atoms with van der Waals surface area (Å²) in [5.74, 6) is 1.78. The monoisotopic (exact) mass is 280 g/mol. The van der Waals surface area contributed by atoms with Crippen LogP contribution < -0.4 is 4.74 Å². The number of ether oxygens (including phenoxy) is 1. The standard InChI is InChI=1S/C18H20N2O/c1-11-5-6-12(2)17(7-11)21-10-18-19-15-8-13(3)14(4)9-16(15)20-18/h5-9H,10H2,1-4H3,(H,19,20). The average molecular weight is 280 g/mol. The Morgan fingerprint density at radius 2 is 1.71 bits per heavy atom. The van der Waals surface area contributed by atoms with E-state index >= 15 is 0 Å². The molecule has 108 valence electrons. The Morgan fingerprint density at radius 1 is 0.952 bits per heavy atom. The summed E-state index contributed by atoms with van der Waals surface area (Å²) in [6.45, 7) is 8.80. The molecule has 0 spiro atoms. The van der Waals surface area contributed by atoms with Crippen LogP contribution in [-0.2, 0) is 6.61 Å². The molecule has 0 aliphatic carbocycles. The van der Waals surface area contributed by atoms with Crippen LogP contribution in [0.25, 0.3) is 11.0 Å². The fraction of sp³-hybridized carbons (Fsp3) is 0.278. The number of imidazole rings is 1. The number of H-pyrrole nitrogens is 1. The summed E-state index contributed by atoms with van der Waals surface area (Å²) in [5, 5.41) is 0. The number of hydrogen-bond acceptors (Lipinski definition) is 2. The lowest BCUT2D eigenvalue weighted by Crippen LogP contribution is -1.99. The molecule has 3 rings (SSSR count).